The lowest BCUT2D eigenvalue weighted by atomic mass is 9.81. The van der Waals surface area contributed by atoms with E-state index in [9.17, 15) is 22.8 Å². The number of carbonyl (C=O) groups is 2. The Morgan fingerprint density at radius 2 is 1.48 bits per heavy atom. The molecule has 0 spiro atoms. The summed E-state index contributed by atoms with van der Waals surface area (Å²) in [6, 6.07) is 4.27. The van der Waals surface area contributed by atoms with Gasteiger partial charge in [-0.15, -0.1) is 0 Å². The molecule has 0 aliphatic carbocycles. The average Bonchev–Trinajstić information content (AvgIpc) is 3.01. The van der Waals surface area contributed by atoms with Gasteiger partial charge in [0.05, 0.1) is 35.3 Å². The molecule has 2 bridgehead atoms. The van der Waals surface area contributed by atoms with Crippen molar-refractivity contribution < 1.29 is 32.2 Å². The van der Waals surface area contributed by atoms with Crippen molar-refractivity contribution in [1.82, 2.24) is 0 Å². The van der Waals surface area contributed by atoms with E-state index in [1.54, 1.807) is 0 Å². The lowest BCUT2D eigenvalue weighted by Crippen LogP contribution is -2.35. The number of hydrogen-bond donors (Lipinski definition) is 0. The van der Waals surface area contributed by atoms with Crippen molar-refractivity contribution in [2.45, 2.75) is 30.6 Å². The number of nitrogens with zero attached hydrogens (tertiary/aromatic N) is 1. The number of amides is 2. The van der Waals surface area contributed by atoms with E-state index in [1.807, 2.05) is 0 Å². The molecule has 4 aliphatic rings. The first-order valence-electron chi connectivity index (χ1n) is 7.24. The maximum absolute atomic E-state index is 12.8. The summed E-state index contributed by atoms with van der Waals surface area (Å²) in [6.07, 6.45) is -5.75. The maximum Gasteiger partial charge on any atom is 0.416 e. The fourth-order valence-corrected chi connectivity index (χ4v) is 4.06. The molecule has 0 aromatic heterocycles. The van der Waals surface area contributed by atoms with Crippen LogP contribution >= 0.6 is 0 Å². The quantitative estimate of drug-likeness (QED) is 0.578. The van der Waals surface area contributed by atoms with Gasteiger partial charge in [0.15, 0.2) is 0 Å². The number of imide groups is 1. The fraction of sp³-hybridized carbons (Fsp3) is 0.467. The summed E-state index contributed by atoms with van der Waals surface area (Å²) in [5.74, 6) is -2.29. The number of fused-ring (bicyclic) bond motifs is 8. The highest BCUT2D eigenvalue weighted by atomic mass is 19.4. The molecule has 4 aliphatic heterocycles. The molecule has 0 N–H and O–H groups in total. The van der Waals surface area contributed by atoms with Gasteiger partial charge in [0.1, 0.15) is 12.2 Å². The number of rotatable bonds is 1. The number of carbonyl (C=O) groups excluding carboxylic acids is 2. The molecule has 23 heavy (non-hydrogen) atoms. The highest BCUT2D eigenvalue weighted by Gasteiger charge is 2.75. The average molecular weight is 325 g/mol. The molecule has 4 heterocycles. The summed E-state index contributed by atoms with van der Waals surface area (Å²) < 4.78 is 49.6. The standard InChI is InChI=1S/C15H10F3NO4/c16-15(17,18)5-2-1-3-6(4-5)19-13(20)7-8(14(19)21)10-12-11(23-12)9(7)22-10/h1-4,7-12H. The third-order valence-electron chi connectivity index (χ3n) is 5.06. The Bertz CT molecular complexity index is 716. The van der Waals surface area contributed by atoms with Gasteiger partial charge in [-0.25, -0.2) is 4.90 Å². The van der Waals surface area contributed by atoms with Crippen LogP contribution in [0, 0.1) is 11.8 Å². The van der Waals surface area contributed by atoms with E-state index in [2.05, 4.69) is 0 Å². The molecule has 0 saturated carbocycles. The second-order valence-electron chi connectivity index (χ2n) is 6.24. The number of halogens is 3. The fourth-order valence-electron chi connectivity index (χ4n) is 4.06. The summed E-state index contributed by atoms with van der Waals surface area (Å²) in [7, 11) is 0. The van der Waals surface area contributed by atoms with Crippen LogP contribution in [-0.4, -0.2) is 36.2 Å². The van der Waals surface area contributed by atoms with E-state index in [0.717, 1.165) is 17.0 Å². The predicted molar refractivity (Wildman–Crippen MR) is 68.2 cm³/mol. The van der Waals surface area contributed by atoms with Gasteiger partial charge in [-0.2, -0.15) is 13.2 Å². The zero-order valence-corrected chi connectivity index (χ0v) is 11.5. The van der Waals surface area contributed by atoms with Crippen LogP contribution in [0.1, 0.15) is 5.56 Å². The minimum Gasteiger partial charge on any atom is -0.368 e. The van der Waals surface area contributed by atoms with Crippen molar-refractivity contribution in [1.29, 1.82) is 0 Å². The SMILES string of the molecule is O=C1C2C3OC(C4OC43)C2C(=O)N1c1cccc(C(F)(F)F)c1. The number of anilines is 1. The van der Waals surface area contributed by atoms with E-state index >= 15 is 0 Å². The summed E-state index contributed by atoms with van der Waals surface area (Å²) in [5, 5.41) is 0. The van der Waals surface area contributed by atoms with Crippen LogP contribution in [0.15, 0.2) is 24.3 Å². The molecule has 4 saturated heterocycles. The van der Waals surface area contributed by atoms with Gasteiger partial charge in [-0.1, -0.05) is 6.07 Å². The molecule has 1 aromatic rings. The van der Waals surface area contributed by atoms with Crippen LogP contribution < -0.4 is 4.90 Å². The second kappa shape index (κ2) is 3.93. The first-order valence-corrected chi connectivity index (χ1v) is 7.24. The Hall–Kier alpha value is -1.93. The monoisotopic (exact) mass is 325 g/mol. The van der Waals surface area contributed by atoms with Crippen molar-refractivity contribution in [3.63, 3.8) is 0 Å². The second-order valence-corrected chi connectivity index (χ2v) is 6.24. The van der Waals surface area contributed by atoms with Gasteiger partial charge in [0, 0.05) is 0 Å². The van der Waals surface area contributed by atoms with Crippen LogP contribution in [0.25, 0.3) is 0 Å². The molecular formula is C15H10F3NO4. The largest absolute Gasteiger partial charge is 0.416 e. The third-order valence-corrected chi connectivity index (χ3v) is 5.06. The molecule has 5 nitrogen and oxygen atoms in total. The van der Waals surface area contributed by atoms with Gasteiger partial charge in [0.2, 0.25) is 11.8 Å². The Morgan fingerprint density at radius 3 is 2.04 bits per heavy atom. The Kier molecular flexibility index (Phi) is 2.31. The number of alkyl halides is 3. The molecule has 120 valence electrons. The summed E-state index contributed by atoms with van der Waals surface area (Å²) in [4.78, 5) is 26.1. The maximum atomic E-state index is 12.8. The van der Waals surface area contributed by atoms with Crippen LogP contribution in [0.2, 0.25) is 0 Å². The number of hydrogen-bond acceptors (Lipinski definition) is 4. The third kappa shape index (κ3) is 1.60. The van der Waals surface area contributed by atoms with Crippen LogP contribution in [-0.2, 0) is 25.2 Å². The molecule has 2 amide bonds. The van der Waals surface area contributed by atoms with E-state index in [-0.39, 0.29) is 17.9 Å². The van der Waals surface area contributed by atoms with Crippen LogP contribution in [0.4, 0.5) is 18.9 Å². The van der Waals surface area contributed by atoms with Gasteiger partial charge in [0.25, 0.3) is 0 Å². The highest BCUT2D eigenvalue weighted by Crippen LogP contribution is 2.57. The van der Waals surface area contributed by atoms with E-state index < -0.39 is 47.6 Å². The summed E-state index contributed by atoms with van der Waals surface area (Å²) >= 11 is 0. The van der Waals surface area contributed by atoms with Gasteiger partial charge >= 0.3 is 6.18 Å². The zero-order valence-electron chi connectivity index (χ0n) is 11.5. The molecule has 4 fully saturated rings. The first-order chi connectivity index (χ1) is 10.9. The molecule has 6 atom stereocenters. The first kappa shape index (κ1) is 13.5. The molecule has 1 aromatic carbocycles. The number of ether oxygens (including phenoxy) is 2. The Labute approximate surface area is 127 Å². The van der Waals surface area contributed by atoms with Crippen molar-refractivity contribution >= 4 is 17.5 Å². The van der Waals surface area contributed by atoms with Gasteiger partial charge < -0.3 is 9.47 Å². The predicted octanol–water partition coefficient (Wildman–Crippen LogP) is 1.36. The van der Waals surface area contributed by atoms with Crippen molar-refractivity contribution in [2.24, 2.45) is 11.8 Å². The normalized spacial score (nSPS) is 40.6. The molecule has 0 radical (unpaired) electrons. The smallest absolute Gasteiger partial charge is 0.368 e. The summed E-state index contributed by atoms with van der Waals surface area (Å²) in [5.41, 5.74) is -0.934. The minimum absolute atomic E-state index is 0.0433. The molecule has 5 rings (SSSR count). The zero-order chi connectivity index (χ0) is 16.1. The van der Waals surface area contributed by atoms with Crippen molar-refractivity contribution in [3.8, 4) is 0 Å². The topological polar surface area (TPSA) is 59.1 Å². The minimum atomic E-state index is -4.53. The Balaban J connectivity index is 1.53. The van der Waals surface area contributed by atoms with Crippen molar-refractivity contribution in [3.05, 3.63) is 29.8 Å². The summed E-state index contributed by atoms with van der Waals surface area (Å²) in [6.45, 7) is 0. The van der Waals surface area contributed by atoms with Gasteiger partial charge in [-0.3, -0.25) is 9.59 Å². The molecule has 8 heteroatoms. The highest BCUT2D eigenvalue weighted by molar-refractivity contribution is 6.23. The molecule has 6 unspecified atom stereocenters. The van der Waals surface area contributed by atoms with Gasteiger partial charge in [-0.05, 0) is 18.2 Å². The van der Waals surface area contributed by atoms with Crippen LogP contribution in [0.5, 0.6) is 0 Å². The molecular weight excluding hydrogens is 315 g/mol. The van der Waals surface area contributed by atoms with E-state index in [1.165, 1.54) is 12.1 Å². The number of benzene rings is 1. The lowest BCUT2D eigenvalue weighted by Gasteiger charge is -2.19. The van der Waals surface area contributed by atoms with Crippen molar-refractivity contribution in [2.75, 3.05) is 4.90 Å². The Morgan fingerprint density at radius 1 is 0.913 bits per heavy atom. The lowest BCUT2D eigenvalue weighted by molar-refractivity contribution is -0.137. The van der Waals surface area contributed by atoms with Crippen LogP contribution in [0.3, 0.4) is 0 Å². The number of epoxide rings is 1. The van der Waals surface area contributed by atoms with E-state index in [0.29, 0.717) is 0 Å². The van der Waals surface area contributed by atoms with E-state index in [4.69, 9.17) is 9.47 Å².